The molecule has 0 bridgehead atoms. The van der Waals surface area contributed by atoms with Crippen molar-refractivity contribution in [3.8, 4) is 0 Å². The minimum Gasteiger partial charge on any atom is -0.371 e. The minimum absolute atomic E-state index is 0.347. The first-order chi connectivity index (χ1) is 9.31. The van der Waals surface area contributed by atoms with Crippen LogP contribution in [0.4, 0.5) is 5.69 Å². The number of anilines is 1. The molecule has 108 valence electrons. The summed E-state index contributed by atoms with van der Waals surface area (Å²) in [4.78, 5) is 2.69. The monoisotopic (exact) mass is 269 g/mol. The molecule has 0 saturated carbocycles. The first-order valence-corrected chi connectivity index (χ1v) is 8.25. The first-order valence-electron chi connectivity index (χ1n) is 8.25. The van der Waals surface area contributed by atoms with Crippen LogP contribution >= 0.6 is 0 Å². The number of rotatable bonds is 0. The quantitative estimate of drug-likeness (QED) is 0.662. The van der Waals surface area contributed by atoms with Crippen LogP contribution in [0.1, 0.15) is 75.1 Å². The predicted molar refractivity (Wildman–Crippen MR) is 86.0 cm³/mol. The largest absolute Gasteiger partial charge is 0.371 e. The van der Waals surface area contributed by atoms with Crippen molar-refractivity contribution < 1.29 is 0 Å². The van der Waals surface area contributed by atoms with Crippen LogP contribution in [-0.4, -0.2) is 13.1 Å². The van der Waals surface area contributed by atoms with E-state index in [4.69, 9.17) is 0 Å². The van der Waals surface area contributed by atoms with E-state index < -0.39 is 0 Å². The summed E-state index contributed by atoms with van der Waals surface area (Å²) in [5.41, 5.74) is 8.96. The van der Waals surface area contributed by atoms with E-state index in [0.717, 1.165) is 5.92 Å². The van der Waals surface area contributed by atoms with E-state index in [1.54, 1.807) is 27.9 Å². The molecule has 0 N–H and O–H groups in total. The standard InChI is InChI=1S/C19H27N/c1-12-10-14-17-15-13(11-19(4,5)16(12)15)6-8-20(17)9-7-18(14,2)3/h10,13H,6-9,11H2,1-5H3. The van der Waals surface area contributed by atoms with Gasteiger partial charge >= 0.3 is 0 Å². The molecule has 20 heavy (non-hydrogen) atoms. The van der Waals surface area contributed by atoms with Gasteiger partial charge in [0.15, 0.2) is 0 Å². The zero-order valence-corrected chi connectivity index (χ0v) is 13.6. The predicted octanol–water partition coefficient (Wildman–Crippen LogP) is 4.65. The smallest absolute Gasteiger partial charge is 0.0442 e. The van der Waals surface area contributed by atoms with Gasteiger partial charge in [-0.05, 0) is 65.2 Å². The molecule has 2 aliphatic heterocycles. The van der Waals surface area contributed by atoms with Crippen LogP contribution in [0.2, 0.25) is 0 Å². The van der Waals surface area contributed by atoms with Gasteiger partial charge in [-0.2, -0.15) is 0 Å². The Hall–Kier alpha value is -0.980. The van der Waals surface area contributed by atoms with Crippen LogP contribution in [0.5, 0.6) is 0 Å². The van der Waals surface area contributed by atoms with Gasteiger partial charge in [-0.3, -0.25) is 0 Å². The highest BCUT2D eigenvalue weighted by Gasteiger charge is 2.46. The third kappa shape index (κ3) is 1.44. The molecule has 3 aliphatic rings. The van der Waals surface area contributed by atoms with E-state index in [1.807, 2.05) is 0 Å². The van der Waals surface area contributed by atoms with Crippen LogP contribution in [-0.2, 0) is 10.8 Å². The number of nitrogens with zero attached hydrogens (tertiary/aromatic N) is 1. The number of hydrogen-bond donors (Lipinski definition) is 0. The first kappa shape index (κ1) is 12.7. The second kappa shape index (κ2) is 3.61. The van der Waals surface area contributed by atoms with E-state index in [1.165, 1.54) is 32.4 Å². The molecule has 0 amide bonds. The number of hydrogen-bond acceptors (Lipinski definition) is 1. The molecule has 1 aromatic carbocycles. The summed E-state index contributed by atoms with van der Waals surface area (Å²) < 4.78 is 0. The van der Waals surface area contributed by atoms with Gasteiger partial charge < -0.3 is 4.90 Å². The molecule has 0 aromatic heterocycles. The molecule has 2 heterocycles. The highest BCUT2D eigenvalue weighted by molar-refractivity contribution is 5.72. The summed E-state index contributed by atoms with van der Waals surface area (Å²) in [5, 5.41) is 0. The van der Waals surface area contributed by atoms with E-state index >= 15 is 0 Å². The molecular formula is C19H27N. The number of aryl methyl sites for hydroxylation is 1. The molecule has 1 aliphatic carbocycles. The SMILES string of the molecule is Cc1cc2c3c4c1C(C)(C)CC4CCN3CCC2(C)C. The molecule has 1 unspecified atom stereocenters. The molecule has 1 nitrogen and oxygen atoms in total. The fourth-order valence-electron chi connectivity index (χ4n) is 5.25. The summed E-state index contributed by atoms with van der Waals surface area (Å²) in [7, 11) is 0. The average Bonchev–Trinajstić information content (AvgIpc) is 2.63. The molecule has 0 fully saturated rings. The Morgan fingerprint density at radius 3 is 2.60 bits per heavy atom. The zero-order valence-electron chi connectivity index (χ0n) is 13.6. The Morgan fingerprint density at radius 2 is 1.85 bits per heavy atom. The zero-order chi connectivity index (χ0) is 14.3. The maximum Gasteiger partial charge on any atom is 0.0442 e. The molecule has 0 radical (unpaired) electrons. The lowest BCUT2D eigenvalue weighted by atomic mass is 9.72. The van der Waals surface area contributed by atoms with Crippen LogP contribution in [0.25, 0.3) is 0 Å². The van der Waals surface area contributed by atoms with Crippen molar-refractivity contribution in [2.24, 2.45) is 0 Å². The fourth-order valence-corrected chi connectivity index (χ4v) is 5.25. The van der Waals surface area contributed by atoms with Gasteiger partial charge in [-0.1, -0.05) is 33.8 Å². The summed E-state index contributed by atoms with van der Waals surface area (Å²) in [6.45, 7) is 14.7. The summed E-state index contributed by atoms with van der Waals surface area (Å²) in [6.07, 6.45) is 4.02. The molecule has 1 heteroatoms. The third-order valence-electron chi connectivity index (χ3n) is 6.18. The summed E-state index contributed by atoms with van der Waals surface area (Å²) in [5.74, 6) is 0.818. The Balaban J connectivity index is 2.08. The maximum absolute atomic E-state index is 2.69. The molecule has 0 saturated heterocycles. The van der Waals surface area contributed by atoms with Crippen LogP contribution in [0, 0.1) is 6.92 Å². The molecular weight excluding hydrogens is 242 g/mol. The second-order valence-corrected chi connectivity index (χ2v) is 8.57. The summed E-state index contributed by atoms with van der Waals surface area (Å²) >= 11 is 0. The maximum atomic E-state index is 2.69. The van der Waals surface area contributed by atoms with Gasteiger partial charge in [0.05, 0.1) is 0 Å². The van der Waals surface area contributed by atoms with Gasteiger partial charge in [0.1, 0.15) is 0 Å². The highest BCUT2D eigenvalue weighted by Crippen LogP contribution is 2.57. The summed E-state index contributed by atoms with van der Waals surface area (Å²) in [6, 6.07) is 2.52. The Morgan fingerprint density at radius 1 is 1.10 bits per heavy atom. The van der Waals surface area contributed by atoms with Crippen molar-refractivity contribution in [1.29, 1.82) is 0 Å². The molecule has 1 atom stereocenters. The number of benzene rings is 1. The normalized spacial score (nSPS) is 28.4. The van der Waals surface area contributed by atoms with Crippen LogP contribution in [0.15, 0.2) is 6.07 Å². The van der Waals surface area contributed by atoms with Crippen molar-refractivity contribution >= 4 is 5.69 Å². The molecule has 0 spiro atoms. The lowest BCUT2D eigenvalue weighted by molar-refractivity contribution is 0.423. The fraction of sp³-hybridized carbons (Fsp3) is 0.684. The second-order valence-electron chi connectivity index (χ2n) is 8.57. The average molecular weight is 269 g/mol. The Bertz CT molecular complexity index is 594. The third-order valence-corrected chi connectivity index (χ3v) is 6.18. The van der Waals surface area contributed by atoms with E-state index in [2.05, 4.69) is 45.6 Å². The van der Waals surface area contributed by atoms with Crippen LogP contribution in [0.3, 0.4) is 0 Å². The lowest BCUT2D eigenvalue weighted by Crippen LogP contribution is -2.41. The minimum atomic E-state index is 0.347. The topological polar surface area (TPSA) is 3.24 Å². The lowest BCUT2D eigenvalue weighted by Gasteiger charge is -2.45. The van der Waals surface area contributed by atoms with Crippen molar-refractivity contribution in [3.05, 3.63) is 28.3 Å². The van der Waals surface area contributed by atoms with Gasteiger partial charge in [-0.15, -0.1) is 0 Å². The van der Waals surface area contributed by atoms with Gasteiger partial charge in [0.25, 0.3) is 0 Å². The Kier molecular flexibility index (Phi) is 2.30. The van der Waals surface area contributed by atoms with Gasteiger partial charge in [-0.25, -0.2) is 0 Å². The van der Waals surface area contributed by atoms with Crippen molar-refractivity contribution in [2.75, 3.05) is 18.0 Å². The van der Waals surface area contributed by atoms with E-state index in [0.29, 0.717) is 10.8 Å². The van der Waals surface area contributed by atoms with Crippen molar-refractivity contribution in [3.63, 3.8) is 0 Å². The Labute approximate surface area is 123 Å². The van der Waals surface area contributed by atoms with E-state index in [-0.39, 0.29) is 0 Å². The molecule has 4 rings (SSSR count). The molecule has 1 aromatic rings. The van der Waals surface area contributed by atoms with Gasteiger partial charge in [0.2, 0.25) is 0 Å². The van der Waals surface area contributed by atoms with Crippen LogP contribution < -0.4 is 4.90 Å². The van der Waals surface area contributed by atoms with Crippen molar-refractivity contribution in [1.82, 2.24) is 0 Å². The van der Waals surface area contributed by atoms with Gasteiger partial charge in [0, 0.05) is 18.8 Å². The highest BCUT2D eigenvalue weighted by atomic mass is 15.2. The van der Waals surface area contributed by atoms with Crippen molar-refractivity contribution in [2.45, 2.75) is 70.6 Å². The van der Waals surface area contributed by atoms with E-state index in [9.17, 15) is 0 Å².